The smallest absolute Gasteiger partial charge is 0.223 e. The number of pyridine rings is 1. The zero-order valence-electron chi connectivity index (χ0n) is 12.7. The molecule has 1 aromatic heterocycles. The van der Waals surface area contributed by atoms with Crippen LogP contribution >= 0.6 is 0 Å². The first-order valence-corrected chi connectivity index (χ1v) is 8.20. The first-order chi connectivity index (χ1) is 10.8. The second kappa shape index (κ2) is 5.59. The fourth-order valence-electron chi connectivity index (χ4n) is 3.33. The number of benzene rings is 1. The van der Waals surface area contributed by atoms with Crippen molar-refractivity contribution in [1.29, 1.82) is 0 Å². The molecule has 114 valence electrons. The third-order valence-corrected chi connectivity index (χ3v) is 4.68. The van der Waals surface area contributed by atoms with Crippen molar-refractivity contribution in [1.82, 2.24) is 10.3 Å². The highest BCUT2D eigenvalue weighted by Crippen LogP contribution is 2.30. The number of anilines is 1. The number of hydrogen-bond donors (Lipinski definition) is 1. The van der Waals surface area contributed by atoms with Gasteiger partial charge in [0.25, 0.3) is 0 Å². The Morgan fingerprint density at radius 1 is 1.18 bits per heavy atom. The van der Waals surface area contributed by atoms with Crippen LogP contribution in [0.25, 0.3) is 10.9 Å². The molecule has 0 radical (unpaired) electrons. The quantitative estimate of drug-likeness (QED) is 0.947. The van der Waals surface area contributed by atoms with Gasteiger partial charge in [-0.05, 0) is 37.8 Å². The van der Waals surface area contributed by atoms with Gasteiger partial charge in [-0.3, -0.25) is 9.78 Å². The van der Waals surface area contributed by atoms with Gasteiger partial charge in [0.05, 0.1) is 5.52 Å². The van der Waals surface area contributed by atoms with Crippen molar-refractivity contribution in [2.45, 2.75) is 31.7 Å². The van der Waals surface area contributed by atoms with Crippen molar-refractivity contribution in [3.05, 3.63) is 36.5 Å². The molecule has 1 N–H and O–H groups in total. The highest BCUT2D eigenvalue weighted by atomic mass is 16.2. The van der Waals surface area contributed by atoms with Gasteiger partial charge in [-0.15, -0.1) is 0 Å². The fourth-order valence-corrected chi connectivity index (χ4v) is 3.33. The molecule has 1 unspecified atom stereocenters. The maximum Gasteiger partial charge on any atom is 0.223 e. The number of aromatic nitrogens is 1. The van der Waals surface area contributed by atoms with Crippen LogP contribution in [-0.2, 0) is 4.79 Å². The van der Waals surface area contributed by atoms with Crippen LogP contribution in [0.4, 0.5) is 5.69 Å². The number of amides is 1. The van der Waals surface area contributed by atoms with E-state index in [0.29, 0.717) is 0 Å². The van der Waals surface area contributed by atoms with E-state index in [1.807, 2.05) is 12.3 Å². The number of para-hydroxylation sites is 1. The summed E-state index contributed by atoms with van der Waals surface area (Å²) < 4.78 is 0. The minimum Gasteiger partial charge on any atom is -0.369 e. The van der Waals surface area contributed by atoms with Crippen LogP contribution in [0.1, 0.15) is 25.7 Å². The molecule has 1 saturated carbocycles. The van der Waals surface area contributed by atoms with Crippen LogP contribution < -0.4 is 10.2 Å². The molecule has 4 nitrogen and oxygen atoms in total. The highest BCUT2D eigenvalue weighted by molar-refractivity contribution is 5.91. The summed E-state index contributed by atoms with van der Waals surface area (Å²) >= 11 is 0. The fraction of sp³-hybridized carbons (Fsp3) is 0.444. The van der Waals surface area contributed by atoms with Crippen LogP contribution in [0.5, 0.6) is 0 Å². The van der Waals surface area contributed by atoms with E-state index in [-0.39, 0.29) is 17.9 Å². The van der Waals surface area contributed by atoms with Crippen molar-refractivity contribution >= 4 is 22.5 Å². The van der Waals surface area contributed by atoms with Crippen molar-refractivity contribution in [3.8, 4) is 0 Å². The van der Waals surface area contributed by atoms with Gasteiger partial charge in [-0.2, -0.15) is 0 Å². The van der Waals surface area contributed by atoms with Gasteiger partial charge in [0.15, 0.2) is 0 Å². The van der Waals surface area contributed by atoms with Crippen molar-refractivity contribution in [2.75, 3.05) is 18.0 Å². The third-order valence-electron chi connectivity index (χ3n) is 4.68. The van der Waals surface area contributed by atoms with Crippen LogP contribution in [-0.4, -0.2) is 30.0 Å². The zero-order valence-corrected chi connectivity index (χ0v) is 12.7. The van der Waals surface area contributed by atoms with Gasteiger partial charge in [0.1, 0.15) is 0 Å². The second-order valence-corrected chi connectivity index (χ2v) is 6.42. The number of nitrogens with one attached hydrogen (secondary N) is 1. The molecule has 1 aliphatic heterocycles. The van der Waals surface area contributed by atoms with E-state index >= 15 is 0 Å². The highest BCUT2D eigenvalue weighted by Gasteiger charge is 2.32. The molecular formula is C18H21N3O. The van der Waals surface area contributed by atoms with Crippen LogP contribution in [0.2, 0.25) is 0 Å². The molecular weight excluding hydrogens is 274 g/mol. The molecule has 0 bridgehead atoms. The van der Waals surface area contributed by atoms with E-state index in [1.165, 1.54) is 11.1 Å². The standard InChI is InChI=1S/C18H21N3O/c22-18(13-7-8-13)20-14-4-3-11-21(12-14)17-9-10-19-16-6-2-1-5-15(16)17/h1-2,5-6,9-10,13-14H,3-4,7-8,11-12H2,(H,20,22). The van der Waals surface area contributed by atoms with Crippen molar-refractivity contribution < 1.29 is 4.79 Å². The molecule has 2 heterocycles. The molecule has 1 amide bonds. The molecule has 2 aliphatic rings. The Kier molecular flexibility index (Phi) is 3.45. The van der Waals surface area contributed by atoms with E-state index in [2.05, 4.69) is 39.5 Å². The van der Waals surface area contributed by atoms with E-state index in [9.17, 15) is 4.79 Å². The average molecular weight is 295 g/mol. The average Bonchev–Trinajstić information content (AvgIpc) is 3.39. The second-order valence-electron chi connectivity index (χ2n) is 6.42. The number of piperidine rings is 1. The first-order valence-electron chi connectivity index (χ1n) is 8.20. The van der Waals surface area contributed by atoms with E-state index in [0.717, 1.165) is 44.3 Å². The van der Waals surface area contributed by atoms with Crippen molar-refractivity contribution in [3.63, 3.8) is 0 Å². The largest absolute Gasteiger partial charge is 0.369 e. The predicted molar refractivity (Wildman–Crippen MR) is 87.8 cm³/mol. The molecule has 2 fully saturated rings. The lowest BCUT2D eigenvalue weighted by molar-refractivity contribution is -0.123. The first kappa shape index (κ1) is 13.6. The number of fused-ring (bicyclic) bond motifs is 1. The van der Waals surface area contributed by atoms with Crippen LogP contribution in [0.15, 0.2) is 36.5 Å². The lowest BCUT2D eigenvalue weighted by atomic mass is 10.0. The topological polar surface area (TPSA) is 45.2 Å². The van der Waals surface area contributed by atoms with E-state index in [1.54, 1.807) is 0 Å². The number of carbonyl (C=O) groups is 1. The zero-order chi connectivity index (χ0) is 14.9. The van der Waals surface area contributed by atoms with Crippen LogP contribution in [0, 0.1) is 5.92 Å². The Morgan fingerprint density at radius 2 is 2.05 bits per heavy atom. The summed E-state index contributed by atoms with van der Waals surface area (Å²) in [5.41, 5.74) is 2.26. The molecule has 4 heteroatoms. The maximum absolute atomic E-state index is 12.0. The molecule has 4 rings (SSSR count). The van der Waals surface area contributed by atoms with Crippen LogP contribution in [0.3, 0.4) is 0 Å². The molecule has 1 atom stereocenters. The number of nitrogens with zero attached hydrogens (tertiary/aromatic N) is 2. The lowest BCUT2D eigenvalue weighted by Gasteiger charge is -2.35. The van der Waals surface area contributed by atoms with E-state index in [4.69, 9.17) is 0 Å². The van der Waals surface area contributed by atoms with Gasteiger partial charge in [-0.1, -0.05) is 18.2 Å². The minimum atomic E-state index is 0.256. The summed E-state index contributed by atoms with van der Waals surface area (Å²) in [5, 5.41) is 4.43. The number of rotatable bonds is 3. The lowest BCUT2D eigenvalue weighted by Crippen LogP contribution is -2.48. The van der Waals surface area contributed by atoms with Crippen molar-refractivity contribution in [2.24, 2.45) is 5.92 Å². The summed E-state index contributed by atoms with van der Waals surface area (Å²) in [5.74, 6) is 0.545. The maximum atomic E-state index is 12.0. The molecule has 1 saturated heterocycles. The van der Waals surface area contributed by atoms with E-state index < -0.39 is 0 Å². The molecule has 1 aliphatic carbocycles. The monoisotopic (exact) mass is 295 g/mol. The summed E-state index contributed by atoms with van der Waals surface area (Å²) in [6.07, 6.45) is 6.21. The molecule has 1 aromatic carbocycles. The SMILES string of the molecule is O=C(NC1CCCN(c2ccnc3ccccc23)C1)C1CC1. The Labute approximate surface area is 130 Å². The molecule has 0 spiro atoms. The van der Waals surface area contributed by atoms with Gasteiger partial charge < -0.3 is 10.2 Å². The molecule has 2 aromatic rings. The van der Waals surface area contributed by atoms with Gasteiger partial charge >= 0.3 is 0 Å². The summed E-state index contributed by atoms with van der Waals surface area (Å²) in [6.45, 7) is 1.94. The summed E-state index contributed by atoms with van der Waals surface area (Å²) in [6, 6.07) is 10.6. The Balaban J connectivity index is 1.54. The Hall–Kier alpha value is -2.10. The van der Waals surface area contributed by atoms with Gasteiger partial charge in [0, 0.05) is 42.3 Å². The number of hydrogen-bond acceptors (Lipinski definition) is 3. The van der Waals surface area contributed by atoms with Gasteiger partial charge in [0.2, 0.25) is 5.91 Å². The minimum absolute atomic E-state index is 0.256. The predicted octanol–water partition coefficient (Wildman–Crippen LogP) is 2.73. The van der Waals surface area contributed by atoms with Gasteiger partial charge in [-0.25, -0.2) is 0 Å². The number of carbonyl (C=O) groups excluding carboxylic acids is 1. The summed E-state index contributed by atoms with van der Waals surface area (Å²) in [7, 11) is 0. The normalized spacial score (nSPS) is 21.8. The third kappa shape index (κ3) is 2.65. The molecule has 22 heavy (non-hydrogen) atoms. The Morgan fingerprint density at radius 3 is 2.91 bits per heavy atom. The Bertz CT molecular complexity index is 690. The summed E-state index contributed by atoms with van der Waals surface area (Å²) in [4.78, 5) is 18.8.